The van der Waals surface area contributed by atoms with Gasteiger partial charge in [-0.15, -0.1) is 0 Å². The summed E-state index contributed by atoms with van der Waals surface area (Å²) in [6.07, 6.45) is 7.72. The third-order valence-corrected chi connectivity index (χ3v) is 3.56. The zero-order valence-corrected chi connectivity index (χ0v) is 11.4. The Hall–Kier alpha value is -0.320. The fourth-order valence-corrected chi connectivity index (χ4v) is 2.21. The Morgan fingerprint density at radius 1 is 1.73 bits per heavy atom. The van der Waals surface area contributed by atoms with E-state index in [0.29, 0.717) is 0 Å². The summed E-state index contributed by atoms with van der Waals surface area (Å²) in [4.78, 5) is 11.8. The molecule has 0 saturated heterocycles. The van der Waals surface area contributed by atoms with Crippen LogP contribution in [0.1, 0.15) is 32.6 Å². The lowest BCUT2D eigenvalue weighted by atomic mass is 9.73. The molecule has 1 unspecified atom stereocenters. The van der Waals surface area contributed by atoms with E-state index in [1.165, 1.54) is 12.7 Å². The van der Waals surface area contributed by atoms with Crippen LogP contribution in [0.2, 0.25) is 0 Å². The minimum Gasteiger partial charge on any atom is -0.469 e. The molecule has 0 aromatic heterocycles. The van der Waals surface area contributed by atoms with Crippen LogP contribution in [0.5, 0.6) is 0 Å². The number of hydrogen-bond donors (Lipinski definition) is 0. The van der Waals surface area contributed by atoms with Crippen molar-refractivity contribution in [1.29, 1.82) is 0 Å². The van der Waals surface area contributed by atoms with Crippen molar-refractivity contribution in [3.8, 4) is 0 Å². The highest BCUT2D eigenvalue weighted by Gasteiger charge is 2.38. The molecule has 0 spiro atoms. The SMILES string of the molecule is COC(=O)C1(C/C=C\I)CC=C(C)CC1. The predicted molar refractivity (Wildman–Crippen MR) is 69.8 cm³/mol. The molecule has 0 bridgehead atoms. The molecule has 0 aliphatic heterocycles. The first-order valence-corrected chi connectivity index (χ1v) is 6.38. The van der Waals surface area contributed by atoms with Gasteiger partial charge >= 0.3 is 5.97 Å². The number of rotatable bonds is 3. The molecule has 1 aliphatic rings. The first-order chi connectivity index (χ1) is 7.14. The Bertz CT molecular complexity index is 294. The molecular weight excluding hydrogens is 303 g/mol. The second kappa shape index (κ2) is 5.68. The van der Waals surface area contributed by atoms with Gasteiger partial charge in [0, 0.05) is 0 Å². The Balaban J connectivity index is 2.83. The van der Waals surface area contributed by atoms with Gasteiger partial charge in [-0.25, -0.2) is 0 Å². The van der Waals surface area contributed by atoms with E-state index >= 15 is 0 Å². The number of carbonyl (C=O) groups excluding carboxylic acids is 1. The summed E-state index contributed by atoms with van der Waals surface area (Å²) >= 11 is 2.18. The Labute approximate surface area is 105 Å². The van der Waals surface area contributed by atoms with E-state index in [9.17, 15) is 4.79 Å². The van der Waals surface area contributed by atoms with Crippen molar-refractivity contribution in [3.05, 3.63) is 21.8 Å². The third kappa shape index (κ3) is 3.06. The molecule has 0 amide bonds. The first-order valence-electron chi connectivity index (χ1n) is 5.14. The number of carbonyl (C=O) groups is 1. The Morgan fingerprint density at radius 3 is 2.93 bits per heavy atom. The fraction of sp³-hybridized carbons (Fsp3) is 0.583. The summed E-state index contributed by atoms with van der Waals surface area (Å²) in [7, 11) is 1.48. The van der Waals surface area contributed by atoms with Crippen LogP contribution >= 0.6 is 22.6 Å². The molecule has 0 aromatic carbocycles. The largest absolute Gasteiger partial charge is 0.469 e. The van der Waals surface area contributed by atoms with Crippen molar-refractivity contribution < 1.29 is 9.53 Å². The molecule has 0 fully saturated rings. The molecule has 0 N–H and O–H groups in total. The van der Waals surface area contributed by atoms with Crippen molar-refractivity contribution in [2.45, 2.75) is 32.6 Å². The fourth-order valence-electron chi connectivity index (χ4n) is 1.95. The van der Waals surface area contributed by atoms with Gasteiger partial charge in [-0.05, 0) is 36.7 Å². The van der Waals surface area contributed by atoms with Gasteiger partial charge in [0.1, 0.15) is 0 Å². The van der Waals surface area contributed by atoms with Gasteiger partial charge in [-0.3, -0.25) is 4.79 Å². The normalized spacial score (nSPS) is 26.5. The second-order valence-electron chi connectivity index (χ2n) is 4.09. The van der Waals surface area contributed by atoms with Gasteiger partial charge < -0.3 is 4.74 Å². The minimum atomic E-state index is -0.310. The highest BCUT2D eigenvalue weighted by Crippen LogP contribution is 2.39. The molecule has 1 rings (SSSR count). The summed E-state index contributed by atoms with van der Waals surface area (Å²) in [6, 6.07) is 0. The van der Waals surface area contributed by atoms with Crippen LogP contribution in [0, 0.1) is 5.41 Å². The number of allylic oxidation sites excluding steroid dienone is 3. The van der Waals surface area contributed by atoms with E-state index in [0.717, 1.165) is 25.7 Å². The lowest BCUT2D eigenvalue weighted by Crippen LogP contribution is -2.33. The van der Waals surface area contributed by atoms with E-state index < -0.39 is 0 Å². The molecule has 1 aliphatic carbocycles. The van der Waals surface area contributed by atoms with Gasteiger partial charge in [0.25, 0.3) is 0 Å². The number of halogens is 1. The maximum atomic E-state index is 11.8. The molecule has 0 radical (unpaired) electrons. The molecule has 84 valence electrons. The van der Waals surface area contributed by atoms with Crippen molar-refractivity contribution in [3.63, 3.8) is 0 Å². The molecule has 0 aromatic rings. The monoisotopic (exact) mass is 320 g/mol. The smallest absolute Gasteiger partial charge is 0.312 e. The van der Waals surface area contributed by atoms with Gasteiger partial charge in [0.05, 0.1) is 12.5 Å². The maximum Gasteiger partial charge on any atom is 0.312 e. The predicted octanol–water partition coefficient (Wildman–Crippen LogP) is 3.61. The summed E-state index contributed by atoms with van der Waals surface area (Å²) in [6.45, 7) is 2.12. The Kier molecular flexibility index (Phi) is 4.83. The van der Waals surface area contributed by atoms with Crippen molar-refractivity contribution in [2.24, 2.45) is 5.41 Å². The van der Waals surface area contributed by atoms with E-state index in [1.807, 2.05) is 10.2 Å². The second-order valence-corrected chi connectivity index (χ2v) is 4.81. The number of methoxy groups -OCH3 is 1. The molecule has 2 nitrogen and oxygen atoms in total. The lowest BCUT2D eigenvalue weighted by molar-refractivity contribution is -0.153. The average Bonchev–Trinajstić information content (AvgIpc) is 2.28. The van der Waals surface area contributed by atoms with Crippen molar-refractivity contribution in [2.75, 3.05) is 7.11 Å². The zero-order valence-electron chi connectivity index (χ0n) is 9.25. The summed E-state index contributed by atoms with van der Waals surface area (Å²) in [5, 5.41) is 0. The van der Waals surface area contributed by atoms with Gasteiger partial charge in [-0.2, -0.15) is 0 Å². The van der Waals surface area contributed by atoms with Crippen LogP contribution in [0.4, 0.5) is 0 Å². The van der Waals surface area contributed by atoms with Crippen molar-refractivity contribution in [1.82, 2.24) is 0 Å². The van der Waals surface area contributed by atoms with Crippen LogP contribution < -0.4 is 0 Å². The summed E-state index contributed by atoms with van der Waals surface area (Å²) in [5.74, 6) is -0.0687. The number of ether oxygens (including phenoxy) is 1. The number of hydrogen-bond acceptors (Lipinski definition) is 2. The third-order valence-electron chi connectivity index (χ3n) is 3.06. The van der Waals surface area contributed by atoms with E-state index in [1.54, 1.807) is 0 Å². The zero-order chi connectivity index (χ0) is 11.3. The van der Waals surface area contributed by atoms with Crippen LogP contribution in [-0.4, -0.2) is 13.1 Å². The van der Waals surface area contributed by atoms with E-state index in [2.05, 4.69) is 35.6 Å². The number of esters is 1. The van der Waals surface area contributed by atoms with Crippen LogP contribution in [0.15, 0.2) is 21.8 Å². The van der Waals surface area contributed by atoms with Gasteiger partial charge in [0.15, 0.2) is 0 Å². The minimum absolute atomic E-state index is 0.0687. The summed E-state index contributed by atoms with van der Waals surface area (Å²) < 4.78 is 6.89. The highest BCUT2D eigenvalue weighted by atomic mass is 127. The van der Waals surface area contributed by atoms with Crippen LogP contribution in [-0.2, 0) is 9.53 Å². The van der Waals surface area contributed by atoms with E-state index in [4.69, 9.17) is 4.74 Å². The molecule has 0 saturated carbocycles. The molecule has 15 heavy (non-hydrogen) atoms. The molecular formula is C12H17IO2. The summed E-state index contributed by atoms with van der Waals surface area (Å²) in [5.41, 5.74) is 1.07. The topological polar surface area (TPSA) is 26.3 Å². The van der Waals surface area contributed by atoms with Crippen LogP contribution in [0.25, 0.3) is 0 Å². The standard InChI is InChI=1S/C12H17IO2/c1-10-4-7-12(8-5-10,6-3-9-13)11(14)15-2/h3-4,9H,5-8H2,1-2H3/b9-3-. The van der Waals surface area contributed by atoms with Crippen LogP contribution in [0.3, 0.4) is 0 Å². The molecule has 1 atom stereocenters. The van der Waals surface area contributed by atoms with E-state index in [-0.39, 0.29) is 11.4 Å². The molecule has 0 heterocycles. The maximum absolute atomic E-state index is 11.8. The van der Waals surface area contributed by atoms with Gasteiger partial charge in [0.2, 0.25) is 0 Å². The lowest BCUT2D eigenvalue weighted by Gasteiger charge is -2.32. The van der Waals surface area contributed by atoms with Crippen molar-refractivity contribution >= 4 is 28.6 Å². The quantitative estimate of drug-likeness (QED) is 0.451. The highest BCUT2D eigenvalue weighted by molar-refractivity contribution is 14.1. The molecule has 3 heteroatoms. The Morgan fingerprint density at radius 2 is 2.47 bits per heavy atom. The average molecular weight is 320 g/mol. The van der Waals surface area contributed by atoms with Gasteiger partial charge in [-0.1, -0.05) is 40.3 Å². The first kappa shape index (κ1) is 12.7.